The van der Waals surface area contributed by atoms with Gasteiger partial charge < -0.3 is 18.9 Å². The number of nitrogens with zero attached hydrogens (tertiary/aromatic N) is 3. The van der Waals surface area contributed by atoms with Crippen molar-refractivity contribution < 1.29 is 23.9 Å². The summed E-state index contributed by atoms with van der Waals surface area (Å²) >= 11 is 1.39. The number of amides is 1. The number of hydrogen-bond acceptors (Lipinski definition) is 7. The van der Waals surface area contributed by atoms with Crippen molar-refractivity contribution >= 4 is 28.9 Å². The molecule has 1 aromatic heterocycles. The van der Waals surface area contributed by atoms with E-state index in [1.165, 1.54) is 76.0 Å². The van der Waals surface area contributed by atoms with E-state index in [9.17, 15) is 14.4 Å². The fourth-order valence-electron chi connectivity index (χ4n) is 5.90. The fourth-order valence-corrected chi connectivity index (χ4v) is 6.71. The molecule has 1 amide bonds. The SMILES string of the molecule is CCCCCC/C=C\COC(=O)CCCCCN(CCCCCC(=O)OC(CCCCCC)CCCCCC)C(=O)SCCCn1ccnc1. The first-order valence-corrected chi connectivity index (χ1v) is 21.4. The Hall–Kier alpha value is -2.29. The van der Waals surface area contributed by atoms with E-state index in [0.717, 1.165) is 89.3 Å². The Morgan fingerprint density at radius 1 is 0.720 bits per heavy atom. The molecule has 1 rings (SSSR count). The molecule has 9 heteroatoms. The number of esters is 2. The van der Waals surface area contributed by atoms with Crippen LogP contribution in [0.1, 0.15) is 175 Å². The molecule has 0 aromatic carbocycles. The molecule has 1 aromatic rings. The number of aryl methyl sites for hydroxylation is 1. The predicted octanol–water partition coefficient (Wildman–Crippen LogP) is 11.5. The molecule has 0 saturated heterocycles. The summed E-state index contributed by atoms with van der Waals surface area (Å²) in [5.41, 5.74) is 0. The van der Waals surface area contributed by atoms with E-state index in [2.05, 4.69) is 31.8 Å². The van der Waals surface area contributed by atoms with Gasteiger partial charge in [0.2, 0.25) is 0 Å². The molecule has 8 nitrogen and oxygen atoms in total. The highest BCUT2D eigenvalue weighted by Gasteiger charge is 2.16. The van der Waals surface area contributed by atoms with Crippen molar-refractivity contribution in [2.45, 2.75) is 188 Å². The molecule has 288 valence electrons. The fraction of sp³-hybridized carbons (Fsp3) is 0.805. The van der Waals surface area contributed by atoms with Gasteiger partial charge in [-0.3, -0.25) is 14.4 Å². The van der Waals surface area contributed by atoms with E-state index in [0.29, 0.717) is 32.5 Å². The van der Waals surface area contributed by atoms with Crippen LogP contribution in [0.2, 0.25) is 0 Å². The lowest BCUT2D eigenvalue weighted by atomic mass is 10.0. The van der Waals surface area contributed by atoms with E-state index in [-0.39, 0.29) is 23.3 Å². The summed E-state index contributed by atoms with van der Waals surface area (Å²) < 4.78 is 13.3. The Morgan fingerprint density at radius 2 is 1.32 bits per heavy atom. The molecule has 0 aliphatic carbocycles. The summed E-state index contributed by atoms with van der Waals surface area (Å²) in [6.07, 6.45) is 34.0. The van der Waals surface area contributed by atoms with Crippen molar-refractivity contribution in [3.05, 3.63) is 30.9 Å². The molecule has 0 aliphatic rings. The number of allylic oxidation sites excluding steroid dienone is 1. The van der Waals surface area contributed by atoms with Gasteiger partial charge >= 0.3 is 11.9 Å². The summed E-state index contributed by atoms with van der Waals surface area (Å²) in [7, 11) is 0. The molecule has 0 spiro atoms. The molecule has 0 saturated carbocycles. The van der Waals surface area contributed by atoms with E-state index >= 15 is 0 Å². The van der Waals surface area contributed by atoms with Gasteiger partial charge in [-0.25, -0.2) is 4.98 Å². The normalized spacial score (nSPS) is 11.4. The highest BCUT2D eigenvalue weighted by molar-refractivity contribution is 8.13. The number of imidazole rings is 1. The molecule has 0 unspecified atom stereocenters. The van der Waals surface area contributed by atoms with Gasteiger partial charge in [0, 0.05) is 50.6 Å². The number of carbonyl (C=O) groups is 3. The van der Waals surface area contributed by atoms with Crippen molar-refractivity contribution in [2.24, 2.45) is 0 Å². The summed E-state index contributed by atoms with van der Waals surface area (Å²) in [5, 5.41) is 0.116. The Morgan fingerprint density at radius 3 is 1.92 bits per heavy atom. The second kappa shape index (κ2) is 33.8. The summed E-state index contributed by atoms with van der Waals surface area (Å²) in [6.45, 7) is 9.22. The first kappa shape index (κ1) is 45.7. The number of thioether (sulfide) groups is 1. The van der Waals surface area contributed by atoms with Crippen molar-refractivity contribution in [1.29, 1.82) is 0 Å². The van der Waals surface area contributed by atoms with Crippen LogP contribution in [0.15, 0.2) is 30.9 Å². The molecule has 0 radical (unpaired) electrons. The quantitative estimate of drug-likeness (QED) is 0.0398. The molecule has 50 heavy (non-hydrogen) atoms. The van der Waals surface area contributed by atoms with Crippen LogP contribution in [0, 0.1) is 0 Å². The Kier molecular flexibility index (Phi) is 30.9. The lowest BCUT2D eigenvalue weighted by molar-refractivity contribution is -0.150. The van der Waals surface area contributed by atoms with Gasteiger partial charge in [0.1, 0.15) is 12.7 Å². The zero-order valence-corrected chi connectivity index (χ0v) is 33.1. The molecule has 0 fully saturated rings. The van der Waals surface area contributed by atoms with Gasteiger partial charge in [0.05, 0.1) is 6.33 Å². The Labute approximate surface area is 310 Å². The minimum Gasteiger partial charge on any atom is -0.462 e. The lowest BCUT2D eigenvalue weighted by Gasteiger charge is -2.22. The van der Waals surface area contributed by atoms with E-state index < -0.39 is 0 Å². The van der Waals surface area contributed by atoms with Gasteiger partial charge in [0.15, 0.2) is 0 Å². The van der Waals surface area contributed by atoms with Gasteiger partial charge in [-0.15, -0.1) is 0 Å². The van der Waals surface area contributed by atoms with Crippen LogP contribution in [0.5, 0.6) is 0 Å². The van der Waals surface area contributed by atoms with E-state index in [1.54, 1.807) is 12.5 Å². The minimum absolute atomic E-state index is 0.0546. The average Bonchev–Trinajstić information content (AvgIpc) is 3.64. The Balaban J connectivity index is 2.41. The third kappa shape index (κ3) is 27.4. The van der Waals surface area contributed by atoms with Crippen molar-refractivity contribution in [3.8, 4) is 0 Å². The number of hydrogen-bond donors (Lipinski definition) is 0. The number of unbranched alkanes of at least 4 members (excludes halogenated alkanes) is 14. The largest absolute Gasteiger partial charge is 0.462 e. The molecule has 1 heterocycles. The van der Waals surface area contributed by atoms with Crippen molar-refractivity contribution in [2.75, 3.05) is 25.4 Å². The third-order valence-corrected chi connectivity index (χ3v) is 10.0. The zero-order valence-electron chi connectivity index (χ0n) is 32.3. The van der Waals surface area contributed by atoms with Crippen LogP contribution in [-0.2, 0) is 25.6 Å². The standard InChI is InChI=1S/C41H73N3O5S/c1-4-7-10-13-14-15-24-35-48-39(45)28-20-16-22-32-44(41(47)50-36-25-31-43-34-30-42-37-43)33-23-17-21-29-40(46)49-38(26-18-11-8-5-2)27-19-12-9-6-3/h15,24,30,34,37-38H,4-14,16-23,25-29,31-33,35-36H2,1-3H3/b24-15-. The second-order valence-electron chi connectivity index (χ2n) is 13.7. The number of rotatable bonds is 34. The molecule has 0 N–H and O–H groups in total. The average molecular weight is 720 g/mol. The van der Waals surface area contributed by atoms with Crippen LogP contribution in [0.4, 0.5) is 4.79 Å². The molecule has 0 atom stereocenters. The van der Waals surface area contributed by atoms with Crippen LogP contribution in [-0.4, -0.2) is 63.2 Å². The molecular formula is C41H73N3O5S. The maximum absolute atomic E-state index is 13.2. The van der Waals surface area contributed by atoms with E-state index in [1.807, 2.05) is 21.7 Å². The topological polar surface area (TPSA) is 90.7 Å². The number of aromatic nitrogens is 2. The highest BCUT2D eigenvalue weighted by atomic mass is 32.2. The third-order valence-electron chi connectivity index (χ3n) is 9.01. The lowest BCUT2D eigenvalue weighted by Crippen LogP contribution is -2.30. The van der Waals surface area contributed by atoms with Gasteiger partial charge in [-0.2, -0.15) is 0 Å². The molecular weight excluding hydrogens is 647 g/mol. The van der Waals surface area contributed by atoms with Crippen LogP contribution in [0.3, 0.4) is 0 Å². The molecule has 0 aliphatic heterocycles. The van der Waals surface area contributed by atoms with Crippen molar-refractivity contribution in [1.82, 2.24) is 14.5 Å². The maximum Gasteiger partial charge on any atom is 0.306 e. The number of carbonyl (C=O) groups excluding carboxylic acids is 3. The second-order valence-corrected chi connectivity index (χ2v) is 14.7. The number of ether oxygens (including phenoxy) is 2. The minimum atomic E-state index is -0.153. The van der Waals surface area contributed by atoms with Crippen LogP contribution in [0.25, 0.3) is 0 Å². The summed E-state index contributed by atoms with van der Waals surface area (Å²) in [6, 6.07) is 0. The summed E-state index contributed by atoms with van der Waals surface area (Å²) in [5.74, 6) is 0.537. The predicted molar refractivity (Wildman–Crippen MR) is 209 cm³/mol. The first-order chi connectivity index (χ1) is 24.5. The first-order valence-electron chi connectivity index (χ1n) is 20.4. The monoisotopic (exact) mass is 720 g/mol. The Bertz CT molecular complexity index is 959. The molecule has 0 bridgehead atoms. The summed E-state index contributed by atoms with van der Waals surface area (Å²) in [4.78, 5) is 44.1. The zero-order chi connectivity index (χ0) is 36.3. The van der Waals surface area contributed by atoms with E-state index in [4.69, 9.17) is 9.47 Å². The van der Waals surface area contributed by atoms with Gasteiger partial charge in [-0.05, 0) is 70.6 Å². The van der Waals surface area contributed by atoms with Crippen LogP contribution >= 0.6 is 11.8 Å². The van der Waals surface area contributed by atoms with Crippen LogP contribution < -0.4 is 0 Å². The smallest absolute Gasteiger partial charge is 0.306 e. The highest BCUT2D eigenvalue weighted by Crippen LogP contribution is 2.18. The maximum atomic E-state index is 13.2. The van der Waals surface area contributed by atoms with Gasteiger partial charge in [-0.1, -0.05) is 115 Å². The van der Waals surface area contributed by atoms with Crippen molar-refractivity contribution in [3.63, 3.8) is 0 Å². The van der Waals surface area contributed by atoms with Gasteiger partial charge in [0.25, 0.3) is 5.24 Å².